The Balaban J connectivity index is 1.96. The van der Waals surface area contributed by atoms with E-state index in [9.17, 15) is 4.79 Å². The van der Waals surface area contributed by atoms with Gasteiger partial charge in [0.1, 0.15) is 6.04 Å². The van der Waals surface area contributed by atoms with Crippen LogP contribution in [0.4, 0.5) is 0 Å². The van der Waals surface area contributed by atoms with Gasteiger partial charge in [-0.2, -0.15) is 0 Å². The third-order valence-electron chi connectivity index (χ3n) is 2.62. The molecule has 4 heteroatoms. The molecule has 0 fully saturated rings. The van der Waals surface area contributed by atoms with Crippen molar-refractivity contribution in [2.45, 2.75) is 12.5 Å². The van der Waals surface area contributed by atoms with Crippen LogP contribution >= 0.6 is 11.8 Å². The molecule has 0 spiro atoms. The molecule has 1 aliphatic heterocycles. The highest BCUT2D eigenvalue weighted by atomic mass is 32.2. The average Bonchev–Trinajstić information content (AvgIpc) is 2.89. The lowest BCUT2D eigenvalue weighted by Gasteiger charge is -2.06. The van der Waals surface area contributed by atoms with Crippen LogP contribution in [0.5, 0.6) is 0 Å². The van der Waals surface area contributed by atoms with Gasteiger partial charge in [0.25, 0.3) is 0 Å². The SMILES string of the molecule is C=CCCNC(=O)C1CSC(c2ccccc2)=N1. The minimum absolute atomic E-state index is 0.00952. The number of aliphatic imine (C=N–C) groups is 1. The predicted molar refractivity (Wildman–Crippen MR) is 77.0 cm³/mol. The first-order valence-electron chi connectivity index (χ1n) is 5.96. The Kier molecular flexibility index (Phi) is 4.59. The van der Waals surface area contributed by atoms with Crippen LogP contribution in [0.15, 0.2) is 48.0 Å². The Morgan fingerprint density at radius 2 is 2.28 bits per heavy atom. The summed E-state index contributed by atoms with van der Waals surface area (Å²) in [5, 5.41) is 3.82. The molecule has 0 aromatic heterocycles. The van der Waals surface area contributed by atoms with Crippen molar-refractivity contribution in [3.05, 3.63) is 48.6 Å². The second-order valence-corrected chi connectivity index (χ2v) is 5.00. The van der Waals surface area contributed by atoms with Gasteiger partial charge in [-0.05, 0) is 6.42 Å². The van der Waals surface area contributed by atoms with Crippen LogP contribution < -0.4 is 5.32 Å². The van der Waals surface area contributed by atoms with E-state index in [0.29, 0.717) is 6.54 Å². The molecule has 1 amide bonds. The molecule has 94 valence electrons. The van der Waals surface area contributed by atoms with Gasteiger partial charge in [-0.3, -0.25) is 9.79 Å². The van der Waals surface area contributed by atoms with Crippen LogP contribution in [0, 0.1) is 0 Å². The number of hydrogen-bond donors (Lipinski definition) is 1. The van der Waals surface area contributed by atoms with Crippen molar-refractivity contribution in [3.63, 3.8) is 0 Å². The second-order valence-electron chi connectivity index (χ2n) is 4.00. The van der Waals surface area contributed by atoms with Gasteiger partial charge in [0.05, 0.1) is 5.04 Å². The van der Waals surface area contributed by atoms with Crippen molar-refractivity contribution < 1.29 is 4.79 Å². The Bertz CT molecular complexity index is 456. The van der Waals surface area contributed by atoms with Gasteiger partial charge in [-0.1, -0.05) is 36.4 Å². The zero-order chi connectivity index (χ0) is 12.8. The maximum absolute atomic E-state index is 11.8. The highest BCUT2D eigenvalue weighted by Gasteiger charge is 2.25. The van der Waals surface area contributed by atoms with Crippen LogP contribution in [0.1, 0.15) is 12.0 Å². The van der Waals surface area contributed by atoms with Gasteiger partial charge >= 0.3 is 0 Å². The summed E-state index contributed by atoms with van der Waals surface area (Å²) < 4.78 is 0. The van der Waals surface area contributed by atoms with Crippen LogP contribution in [0.3, 0.4) is 0 Å². The number of thioether (sulfide) groups is 1. The van der Waals surface area contributed by atoms with Crippen LogP contribution in [0.25, 0.3) is 0 Å². The molecule has 18 heavy (non-hydrogen) atoms. The van der Waals surface area contributed by atoms with E-state index in [4.69, 9.17) is 0 Å². The lowest BCUT2D eigenvalue weighted by Crippen LogP contribution is -2.34. The molecule has 1 N–H and O–H groups in total. The maximum Gasteiger partial charge on any atom is 0.245 e. The number of carbonyl (C=O) groups excluding carboxylic acids is 1. The molecule has 2 rings (SSSR count). The molecule has 0 saturated carbocycles. The van der Waals surface area contributed by atoms with Gasteiger partial charge in [0.2, 0.25) is 5.91 Å². The average molecular weight is 260 g/mol. The fourth-order valence-electron chi connectivity index (χ4n) is 1.66. The minimum atomic E-state index is -0.255. The minimum Gasteiger partial charge on any atom is -0.354 e. The Morgan fingerprint density at radius 3 is 3.00 bits per heavy atom. The van der Waals surface area contributed by atoms with Crippen molar-refractivity contribution in [2.24, 2.45) is 4.99 Å². The van der Waals surface area contributed by atoms with E-state index in [1.165, 1.54) is 0 Å². The third kappa shape index (κ3) is 3.23. The Morgan fingerprint density at radius 1 is 1.50 bits per heavy atom. The summed E-state index contributed by atoms with van der Waals surface area (Å²) in [6.45, 7) is 4.26. The van der Waals surface area contributed by atoms with E-state index >= 15 is 0 Å². The first-order chi connectivity index (χ1) is 8.81. The first-order valence-corrected chi connectivity index (χ1v) is 6.94. The fourth-order valence-corrected chi connectivity index (χ4v) is 2.71. The van der Waals surface area contributed by atoms with E-state index in [2.05, 4.69) is 16.9 Å². The maximum atomic E-state index is 11.8. The van der Waals surface area contributed by atoms with Gasteiger partial charge in [0, 0.05) is 17.9 Å². The molecule has 0 aliphatic carbocycles. The topological polar surface area (TPSA) is 41.5 Å². The van der Waals surface area contributed by atoms with E-state index in [0.717, 1.165) is 22.8 Å². The summed E-state index contributed by atoms with van der Waals surface area (Å²) in [7, 11) is 0. The second kappa shape index (κ2) is 6.40. The van der Waals surface area contributed by atoms with Crippen molar-refractivity contribution in [1.82, 2.24) is 5.32 Å². The lowest BCUT2D eigenvalue weighted by molar-refractivity contribution is -0.121. The number of benzene rings is 1. The van der Waals surface area contributed by atoms with Gasteiger partial charge in [0.15, 0.2) is 0 Å². The standard InChI is InChI=1S/C14H16N2OS/c1-2-3-9-15-13(17)12-10-18-14(16-12)11-7-5-4-6-8-11/h2,4-8,12H,1,3,9-10H2,(H,15,17). The number of amides is 1. The lowest BCUT2D eigenvalue weighted by atomic mass is 10.2. The highest BCUT2D eigenvalue weighted by Crippen LogP contribution is 2.23. The summed E-state index contributed by atoms with van der Waals surface area (Å²) in [5.41, 5.74) is 1.09. The largest absolute Gasteiger partial charge is 0.354 e. The molecular formula is C14H16N2OS. The molecule has 1 aromatic rings. The van der Waals surface area contributed by atoms with Crippen LogP contribution in [-0.4, -0.2) is 29.3 Å². The smallest absolute Gasteiger partial charge is 0.245 e. The fraction of sp³-hybridized carbons (Fsp3) is 0.286. The van der Waals surface area contributed by atoms with E-state index in [1.54, 1.807) is 17.8 Å². The zero-order valence-electron chi connectivity index (χ0n) is 10.1. The Hall–Kier alpha value is -1.55. The van der Waals surface area contributed by atoms with Gasteiger partial charge in [-0.25, -0.2) is 0 Å². The molecule has 3 nitrogen and oxygen atoms in total. The molecule has 1 heterocycles. The summed E-state index contributed by atoms with van der Waals surface area (Å²) in [6, 6.07) is 9.72. The first kappa shape index (κ1) is 12.9. The molecule has 0 saturated heterocycles. The number of hydrogen-bond acceptors (Lipinski definition) is 3. The van der Waals surface area contributed by atoms with Crippen LogP contribution in [0.2, 0.25) is 0 Å². The van der Waals surface area contributed by atoms with E-state index < -0.39 is 0 Å². The summed E-state index contributed by atoms with van der Waals surface area (Å²) in [4.78, 5) is 16.3. The van der Waals surface area contributed by atoms with E-state index in [1.807, 2.05) is 30.3 Å². The van der Waals surface area contributed by atoms with Gasteiger partial charge in [-0.15, -0.1) is 18.3 Å². The predicted octanol–water partition coefficient (Wildman–Crippen LogP) is 2.24. The number of rotatable bonds is 5. The number of carbonyl (C=O) groups is 1. The summed E-state index contributed by atoms with van der Waals surface area (Å²) >= 11 is 1.64. The molecule has 1 atom stereocenters. The van der Waals surface area contributed by atoms with Crippen molar-refractivity contribution >= 4 is 22.7 Å². The van der Waals surface area contributed by atoms with Crippen LogP contribution in [-0.2, 0) is 4.79 Å². The third-order valence-corrected chi connectivity index (χ3v) is 3.72. The monoisotopic (exact) mass is 260 g/mol. The highest BCUT2D eigenvalue weighted by molar-refractivity contribution is 8.14. The molecule has 0 bridgehead atoms. The molecule has 0 radical (unpaired) electrons. The summed E-state index contributed by atoms with van der Waals surface area (Å²) in [5.74, 6) is 0.736. The molecule has 1 aliphatic rings. The summed E-state index contributed by atoms with van der Waals surface area (Å²) in [6.07, 6.45) is 2.59. The zero-order valence-corrected chi connectivity index (χ0v) is 11.0. The quantitative estimate of drug-likeness (QED) is 0.651. The molecule has 1 aromatic carbocycles. The van der Waals surface area contributed by atoms with Crippen molar-refractivity contribution in [3.8, 4) is 0 Å². The normalized spacial score (nSPS) is 18.2. The number of nitrogens with zero attached hydrogens (tertiary/aromatic N) is 1. The number of nitrogens with one attached hydrogen (secondary N) is 1. The van der Waals surface area contributed by atoms with E-state index in [-0.39, 0.29) is 11.9 Å². The molecular weight excluding hydrogens is 244 g/mol. The van der Waals surface area contributed by atoms with Crippen molar-refractivity contribution in [2.75, 3.05) is 12.3 Å². The molecule has 1 unspecified atom stereocenters. The van der Waals surface area contributed by atoms with Crippen molar-refractivity contribution in [1.29, 1.82) is 0 Å². The Labute approximate surface area is 111 Å². The van der Waals surface area contributed by atoms with Gasteiger partial charge < -0.3 is 5.32 Å².